The number of carbonyl (C=O) groups excluding carboxylic acids is 1. The fourth-order valence-electron chi connectivity index (χ4n) is 4.32. The Kier molecular flexibility index (Phi) is 4.64. The third-order valence-corrected chi connectivity index (χ3v) is 5.68. The third kappa shape index (κ3) is 3.27. The minimum absolute atomic E-state index is 0.0359. The van der Waals surface area contributed by atoms with Gasteiger partial charge in [0, 0.05) is 37.2 Å². The molecule has 4 rings (SSSR count). The highest BCUT2D eigenvalue weighted by Gasteiger charge is 2.42. The van der Waals surface area contributed by atoms with Crippen LogP contribution in [-0.2, 0) is 14.3 Å². The highest BCUT2D eigenvalue weighted by molar-refractivity contribution is 6.00. The van der Waals surface area contributed by atoms with Crippen molar-refractivity contribution in [3.63, 3.8) is 0 Å². The number of nitrogens with two attached hydrogens (primary N) is 1. The van der Waals surface area contributed by atoms with Crippen molar-refractivity contribution in [1.29, 1.82) is 5.26 Å². The molecular weight excluding hydrogens is 354 g/mol. The van der Waals surface area contributed by atoms with E-state index in [1.54, 1.807) is 0 Å². The average molecular weight is 379 g/mol. The molecular formula is C22H25N3O3. The quantitative estimate of drug-likeness (QED) is 0.850. The van der Waals surface area contributed by atoms with Crippen molar-refractivity contribution in [3.05, 3.63) is 52.6 Å². The number of rotatable bonds is 2. The molecule has 6 heteroatoms. The van der Waals surface area contributed by atoms with Crippen molar-refractivity contribution in [2.75, 3.05) is 31.2 Å². The van der Waals surface area contributed by atoms with E-state index in [1.165, 1.54) is 0 Å². The number of ketones is 1. The lowest BCUT2D eigenvalue weighted by Gasteiger charge is -2.37. The number of nitriles is 1. The zero-order chi connectivity index (χ0) is 19.9. The van der Waals surface area contributed by atoms with Gasteiger partial charge in [-0.3, -0.25) is 4.79 Å². The SMILES string of the molecule is CC1(C)CC(=O)C2=C(C1)OC(N)=C(C#N)C2c1ccc(N2CCOCC2)cc1. The monoisotopic (exact) mass is 379 g/mol. The highest BCUT2D eigenvalue weighted by Crippen LogP contribution is 2.47. The number of Topliss-reactive ketones (excluding diaryl/α,β-unsaturated/α-hetero) is 1. The van der Waals surface area contributed by atoms with Gasteiger partial charge in [-0.25, -0.2) is 0 Å². The molecule has 28 heavy (non-hydrogen) atoms. The van der Waals surface area contributed by atoms with Crippen LogP contribution in [0.2, 0.25) is 0 Å². The molecule has 2 aliphatic heterocycles. The van der Waals surface area contributed by atoms with Gasteiger partial charge >= 0.3 is 0 Å². The minimum atomic E-state index is -0.462. The molecule has 0 spiro atoms. The van der Waals surface area contributed by atoms with E-state index in [9.17, 15) is 10.1 Å². The van der Waals surface area contributed by atoms with Crippen LogP contribution in [0.5, 0.6) is 0 Å². The van der Waals surface area contributed by atoms with E-state index in [4.69, 9.17) is 15.2 Å². The van der Waals surface area contributed by atoms with E-state index in [0.717, 1.165) is 37.6 Å². The lowest BCUT2D eigenvalue weighted by atomic mass is 9.70. The first-order valence-electron chi connectivity index (χ1n) is 9.66. The first-order valence-corrected chi connectivity index (χ1v) is 9.66. The van der Waals surface area contributed by atoms with Gasteiger partial charge in [0.25, 0.3) is 0 Å². The maximum Gasteiger partial charge on any atom is 0.205 e. The van der Waals surface area contributed by atoms with E-state index >= 15 is 0 Å². The number of benzene rings is 1. The predicted molar refractivity (Wildman–Crippen MR) is 105 cm³/mol. The lowest BCUT2D eigenvalue weighted by Crippen LogP contribution is -2.36. The predicted octanol–water partition coefficient (Wildman–Crippen LogP) is 2.97. The summed E-state index contributed by atoms with van der Waals surface area (Å²) in [5.41, 5.74) is 8.80. The second-order valence-electron chi connectivity index (χ2n) is 8.39. The van der Waals surface area contributed by atoms with Crippen molar-refractivity contribution >= 4 is 11.5 Å². The van der Waals surface area contributed by atoms with Gasteiger partial charge < -0.3 is 20.1 Å². The van der Waals surface area contributed by atoms with Gasteiger partial charge in [-0.15, -0.1) is 0 Å². The van der Waals surface area contributed by atoms with Gasteiger partial charge in [0.05, 0.1) is 19.1 Å². The van der Waals surface area contributed by atoms with Crippen molar-refractivity contribution in [3.8, 4) is 6.07 Å². The van der Waals surface area contributed by atoms with Crippen LogP contribution in [0.4, 0.5) is 5.69 Å². The smallest absolute Gasteiger partial charge is 0.205 e. The molecule has 0 amide bonds. The molecule has 1 atom stereocenters. The molecule has 146 valence electrons. The standard InChI is InChI=1S/C22H25N3O3/c1-22(2)11-17(26)20-18(12-22)28-21(24)16(13-23)19(20)14-3-5-15(6-4-14)25-7-9-27-10-8-25/h3-6,19H,7-12,24H2,1-2H3. The van der Waals surface area contributed by atoms with Gasteiger partial charge in [-0.05, 0) is 23.1 Å². The van der Waals surface area contributed by atoms with Crippen LogP contribution < -0.4 is 10.6 Å². The summed E-state index contributed by atoms with van der Waals surface area (Å²) >= 11 is 0. The zero-order valence-corrected chi connectivity index (χ0v) is 16.3. The largest absolute Gasteiger partial charge is 0.444 e. The van der Waals surface area contributed by atoms with Crippen LogP contribution in [0, 0.1) is 16.7 Å². The average Bonchev–Trinajstić information content (AvgIpc) is 2.67. The first-order chi connectivity index (χ1) is 13.4. The van der Waals surface area contributed by atoms with Gasteiger partial charge in [0.15, 0.2) is 5.78 Å². The summed E-state index contributed by atoms with van der Waals surface area (Å²) in [5, 5.41) is 9.71. The Hall–Kier alpha value is -2.78. The fourth-order valence-corrected chi connectivity index (χ4v) is 4.32. The molecule has 1 unspecified atom stereocenters. The minimum Gasteiger partial charge on any atom is -0.444 e. The summed E-state index contributed by atoms with van der Waals surface area (Å²) < 4.78 is 11.2. The Morgan fingerprint density at radius 1 is 1.18 bits per heavy atom. The Labute approximate surface area is 165 Å². The number of hydrogen-bond donors (Lipinski definition) is 1. The number of nitrogens with zero attached hydrogens (tertiary/aromatic N) is 2. The van der Waals surface area contributed by atoms with Gasteiger partial charge in [-0.1, -0.05) is 26.0 Å². The number of ether oxygens (including phenoxy) is 2. The van der Waals surface area contributed by atoms with Crippen molar-refractivity contribution in [1.82, 2.24) is 0 Å². The number of allylic oxidation sites excluding steroid dienone is 3. The molecule has 0 saturated carbocycles. The maximum atomic E-state index is 13.0. The van der Waals surface area contributed by atoms with Crippen LogP contribution >= 0.6 is 0 Å². The molecule has 1 aromatic rings. The summed E-state index contributed by atoms with van der Waals surface area (Å²) in [6.45, 7) is 7.25. The summed E-state index contributed by atoms with van der Waals surface area (Å²) in [5.74, 6) is 0.291. The molecule has 0 aromatic heterocycles. The summed E-state index contributed by atoms with van der Waals surface area (Å²) in [6.07, 6.45) is 1.08. The fraction of sp³-hybridized carbons (Fsp3) is 0.455. The number of hydrogen-bond acceptors (Lipinski definition) is 6. The Morgan fingerprint density at radius 3 is 2.50 bits per heavy atom. The Morgan fingerprint density at radius 2 is 1.86 bits per heavy atom. The van der Waals surface area contributed by atoms with Gasteiger partial charge in [0.1, 0.15) is 17.4 Å². The van der Waals surface area contributed by atoms with Gasteiger partial charge in [-0.2, -0.15) is 5.26 Å². The normalized spacial score (nSPS) is 24.5. The molecule has 2 N–H and O–H groups in total. The molecule has 1 saturated heterocycles. The van der Waals surface area contributed by atoms with E-state index < -0.39 is 5.92 Å². The van der Waals surface area contributed by atoms with E-state index in [2.05, 4.69) is 11.0 Å². The number of morpholine rings is 1. The molecule has 0 bridgehead atoms. The molecule has 3 aliphatic rings. The first kappa shape index (κ1) is 18.6. The van der Waals surface area contributed by atoms with Crippen molar-refractivity contribution in [2.24, 2.45) is 11.1 Å². The van der Waals surface area contributed by atoms with Crippen molar-refractivity contribution < 1.29 is 14.3 Å². The molecule has 2 heterocycles. The summed E-state index contributed by atoms with van der Waals surface area (Å²) in [4.78, 5) is 15.2. The molecule has 0 radical (unpaired) electrons. The van der Waals surface area contributed by atoms with Crippen molar-refractivity contribution in [2.45, 2.75) is 32.6 Å². The topological polar surface area (TPSA) is 88.6 Å². The van der Waals surface area contributed by atoms with Crippen LogP contribution in [0.1, 0.15) is 38.2 Å². The molecule has 1 fully saturated rings. The summed E-state index contributed by atoms with van der Waals surface area (Å²) in [7, 11) is 0. The van der Waals surface area contributed by atoms with E-state index in [1.807, 2.05) is 38.1 Å². The lowest BCUT2D eigenvalue weighted by molar-refractivity contribution is -0.119. The van der Waals surface area contributed by atoms with Crippen LogP contribution in [0.25, 0.3) is 0 Å². The maximum absolute atomic E-state index is 13.0. The Balaban J connectivity index is 1.72. The second-order valence-corrected chi connectivity index (χ2v) is 8.39. The van der Waals surface area contributed by atoms with Gasteiger partial charge in [0.2, 0.25) is 5.88 Å². The molecule has 6 nitrogen and oxygen atoms in total. The van der Waals surface area contributed by atoms with Crippen LogP contribution in [0.3, 0.4) is 0 Å². The van der Waals surface area contributed by atoms with Crippen LogP contribution in [-0.4, -0.2) is 32.1 Å². The molecule has 1 aliphatic carbocycles. The highest BCUT2D eigenvalue weighted by atomic mass is 16.5. The number of anilines is 1. The number of carbonyl (C=O) groups is 1. The second kappa shape index (κ2) is 6.99. The third-order valence-electron chi connectivity index (χ3n) is 5.68. The van der Waals surface area contributed by atoms with E-state index in [0.29, 0.717) is 29.7 Å². The molecule has 1 aromatic carbocycles. The summed E-state index contributed by atoms with van der Waals surface area (Å²) in [6, 6.07) is 10.2. The van der Waals surface area contributed by atoms with Crippen LogP contribution in [0.15, 0.2) is 47.1 Å². The Bertz CT molecular complexity index is 900. The zero-order valence-electron chi connectivity index (χ0n) is 16.3. The van der Waals surface area contributed by atoms with E-state index in [-0.39, 0.29) is 17.1 Å².